The van der Waals surface area contributed by atoms with Gasteiger partial charge in [-0.2, -0.15) is 0 Å². The lowest BCUT2D eigenvalue weighted by Gasteiger charge is -2.15. The molecule has 0 spiro atoms. The maximum Gasteiger partial charge on any atom is 0.248 e. The molecule has 54 heavy (non-hydrogen) atoms. The fourth-order valence-electron chi connectivity index (χ4n) is 7.24. The molecule has 0 fully saturated rings. The Bertz CT molecular complexity index is 2650. The minimum absolute atomic E-state index is 0.303. The molecular weight excluding hydrogens is 770 g/mol. The molecule has 4 heterocycles. The third-order valence-electron chi connectivity index (χ3n) is 9.64. The van der Waals surface area contributed by atoms with Crippen LogP contribution in [0.15, 0.2) is 60.7 Å². The van der Waals surface area contributed by atoms with Crippen molar-refractivity contribution >= 4 is 99.9 Å². The number of nitrogens with two attached hydrogens (primary N) is 2. The second-order valence-electron chi connectivity index (χ2n) is 13.1. The summed E-state index contributed by atoms with van der Waals surface area (Å²) in [5.74, 6) is -0.782. The molecule has 0 aliphatic heterocycles. The van der Waals surface area contributed by atoms with E-state index in [0.29, 0.717) is 90.0 Å². The van der Waals surface area contributed by atoms with Crippen LogP contribution in [0.5, 0.6) is 0 Å². The van der Waals surface area contributed by atoms with Crippen molar-refractivity contribution in [3.63, 3.8) is 0 Å². The summed E-state index contributed by atoms with van der Waals surface area (Å²) in [6.45, 7) is 4.78. The number of halogens is 4. The molecule has 0 radical (unpaired) electrons. The average Bonchev–Trinajstić information content (AvgIpc) is 3.91. The monoisotopic (exact) mass is 800 g/mol. The van der Waals surface area contributed by atoms with Crippen molar-refractivity contribution < 1.29 is 18.4 Å². The summed E-state index contributed by atoms with van der Waals surface area (Å²) in [5, 5.41) is 1.97. The van der Waals surface area contributed by atoms with Gasteiger partial charge < -0.3 is 20.6 Å². The first-order valence-corrected chi connectivity index (χ1v) is 19.8. The lowest BCUT2D eigenvalue weighted by molar-refractivity contribution is 0.0992. The van der Waals surface area contributed by atoms with Gasteiger partial charge >= 0.3 is 0 Å². The van der Waals surface area contributed by atoms with E-state index in [9.17, 15) is 9.59 Å². The number of aryl methyl sites for hydroxylation is 4. The maximum atomic E-state index is 15.4. The van der Waals surface area contributed by atoms with Gasteiger partial charge in [-0.1, -0.05) is 49.9 Å². The largest absolute Gasteiger partial charge is 0.366 e. The summed E-state index contributed by atoms with van der Waals surface area (Å²) in [7, 11) is 0. The highest BCUT2D eigenvalue weighted by molar-refractivity contribution is 7.20. The van der Waals surface area contributed by atoms with Crippen LogP contribution in [0.25, 0.3) is 65.0 Å². The Morgan fingerprint density at radius 1 is 0.667 bits per heavy atom. The number of benzene rings is 4. The van der Waals surface area contributed by atoms with E-state index in [4.69, 9.17) is 44.6 Å². The van der Waals surface area contributed by atoms with Crippen molar-refractivity contribution in [2.75, 3.05) is 0 Å². The molecular formula is C40H32Cl2F2N6O2S2. The number of imidazole rings is 2. The highest BCUT2D eigenvalue weighted by atomic mass is 35.5. The van der Waals surface area contributed by atoms with E-state index in [-0.39, 0.29) is 11.6 Å². The lowest BCUT2D eigenvalue weighted by atomic mass is 10.1. The van der Waals surface area contributed by atoms with Gasteiger partial charge in [-0.15, -0.1) is 22.7 Å². The van der Waals surface area contributed by atoms with E-state index in [1.165, 1.54) is 34.8 Å². The van der Waals surface area contributed by atoms with Gasteiger partial charge in [-0.05, 0) is 73.5 Å². The zero-order valence-corrected chi connectivity index (χ0v) is 32.2. The Labute approximate surface area is 325 Å². The number of thiophene rings is 2. The first-order chi connectivity index (χ1) is 26.0. The van der Waals surface area contributed by atoms with E-state index in [0.717, 1.165) is 44.8 Å². The Hall–Kier alpha value is -4.88. The standard InChI is InChI=1S/C40H32Cl2F2N6O2S2/c1-3-5-29-33(31-21(41)9-11-23(43)35(31)53-29)39-47-25-17-19(37(45)51)7-13-27(25)49(39)15-16-50-28-14-8-20(38(46)52)18-26(28)48-40(50)34-30(6-4-2)54-36-24(44)12-10-22(42)32(34)36/h7-14,17-18H,3-6,15-16H2,1-2H3,(H2,45,51)(H2,46,52). The molecule has 14 heteroatoms. The van der Waals surface area contributed by atoms with Crippen LogP contribution < -0.4 is 11.5 Å². The average molecular weight is 802 g/mol. The molecule has 0 unspecified atom stereocenters. The number of rotatable bonds is 11. The Kier molecular flexibility index (Phi) is 9.41. The smallest absolute Gasteiger partial charge is 0.248 e. The van der Waals surface area contributed by atoms with Crippen molar-refractivity contribution in [3.05, 3.63) is 103 Å². The molecule has 4 aromatic carbocycles. The second-order valence-corrected chi connectivity index (χ2v) is 16.1. The van der Waals surface area contributed by atoms with Crippen LogP contribution in [0.4, 0.5) is 8.78 Å². The molecule has 0 saturated carbocycles. The fourth-order valence-corrected chi connectivity index (χ4v) is 10.5. The van der Waals surface area contributed by atoms with Crippen molar-refractivity contribution in [3.8, 4) is 22.8 Å². The molecule has 4 aromatic heterocycles. The van der Waals surface area contributed by atoms with Crippen molar-refractivity contribution in [2.24, 2.45) is 11.5 Å². The molecule has 4 N–H and O–H groups in total. The zero-order valence-electron chi connectivity index (χ0n) is 29.1. The minimum atomic E-state index is -0.586. The summed E-state index contributed by atoms with van der Waals surface area (Å²) in [4.78, 5) is 36.5. The predicted molar refractivity (Wildman–Crippen MR) is 216 cm³/mol. The van der Waals surface area contributed by atoms with Crippen LogP contribution in [-0.2, 0) is 25.9 Å². The Balaban J connectivity index is 1.38. The molecule has 8 aromatic rings. The number of amides is 2. The number of nitrogens with zero attached hydrogens (tertiary/aromatic N) is 4. The molecule has 2 amide bonds. The number of carbonyl (C=O) groups excluding carboxylic acids is 2. The summed E-state index contributed by atoms with van der Waals surface area (Å²) in [6, 6.07) is 16.1. The lowest BCUT2D eigenvalue weighted by Crippen LogP contribution is -2.12. The van der Waals surface area contributed by atoms with Gasteiger partial charge in [-0.3, -0.25) is 9.59 Å². The summed E-state index contributed by atoms with van der Waals surface area (Å²) in [6.07, 6.45) is 2.95. The normalized spacial score (nSPS) is 11.9. The van der Waals surface area contributed by atoms with Crippen LogP contribution in [0, 0.1) is 11.6 Å². The number of fused-ring (bicyclic) bond motifs is 4. The number of hydrogen-bond donors (Lipinski definition) is 2. The van der Waals surface area contributed by atoms with Gasteiger partial charge in [-0.25, -0.2) is 18.7 Å². The van der Waals surface area contributed by atoms with Gasteiger partial charge in [0, 0.05) is 55.9 Å². The second kappa shape index (κ2) is 14.1. The third kappa shape index (κ3) is 5.92. The summed E-state index contributed by atoms with van der Waals surface area (Å²) in [5.41, 5.74) is 15.9. The van der Waals surface area contributed by atoms with Gasteiger partial charge in [0.2, 0.25) is 11.8 Å². The SMILES string of the molecule is CCCc1sc2c(F)ccc(Cl)c2c1-c1nc2cc(C(N)=O)ccc2n1CCn1c(-c2c(CCC)sc3c(F)ccc(Cl)c23)nc2cc(C(N)=O)ccc21. The quantitative estimate of drug-likeness (QED) is 0.135. The molecule has 8 rings (SSSR count). The summed E-state index contributed by atoms with van der Waals surface area (Å²) >= 11 is 16.4. The molecule has 0 atom stereocenters. The van der Waals surface area contributed by atoms with E-state index in [2.05, 4.69) is 13.8 Å². The van der Waals surface area contributed by atoms with Gasteiger partial charge in [0.15, 0.2) is 0 Å². The number of aromatic nitrogens is 4. The van der Waals surface area contributed by atoms with Crippen LogP contribution in [-0.4, -0.2) is 30.9 Å². The van der Waals surface area contributed by atoms with E-state index in [1.54, 1.807) is 36.4 Å². The molecule has 0 aliphatic carbocycles. The minimum Gasteiger partial charge on any atom is -0.366 e. The predicted octanol–water partition coefficient (Wildman–Crippen LogP) is 10.5. The van der Waals surface area contributed by atoms with Gasteiger partial charge in [0.05, 0.1) is 41.5 Å². The van der Waals surface area contributed by atoms with E-state index in [1.807, 2.05) is 21.3 Å². The van der Waals surface area contributed by atoms with E-state index < -0.39 is 11.8 Å². The first-order valence-electron chi connectivity index (χ1n) is 17.4. The molecule has 0 saturated heterocycles. The van der Waals surface area contributed by atoms with Crippen LogP contribution in [0.1, 0.15) is 57.2 Å². The number of primary amides is 2. The third-order valence-corrected chi connectivity index (χ3v) is 12.8. The van der Waals surface area contributed by atoms with Crippen molar-refractivity contribution in [1.82, 2.24) is 19.1 Å². The fraction of sp³-hybridized carbons (Fsp3) is 0.200. The van der Waals surface area contributed by atoms with Crippen LogP contribution >= 0.6 is 45.9 Å². The molecule has 0 bridgehead atoms. The summed E-state index contributed by atoms with van der Waals surface area (Å²) < 4.78 is 35.7. The van der Waals surface area contributed by atoms with Crippen molar-refractivity contribution in [1.29, 1.82) is 0 Å². The molecule has 274 valence electrons. The molecule has 0 aliphatic rings. The maximum absolute atomic E-state index is 15.4. The highest BCUT2D eigenvalue weighted by Crippen LogP contribution is 2.46. The number of carbonyl (C=O) groups is 2. The Morgan fingerprint density at radius 2 is 1.07 bits per heavy atom. The Morgan fingerprint density at radius 3 is 1.44 bits per heavy atom. The van der Waals surface area contributed by atoms with Crippen LogP contribution in [0.2, 0.25) is 10.0 Å². The van der Waals surface area contributed by atoms with Crippen molar-refractivity contribution in [2.45, 2.75) is 52.6 Å². The topological polar surface area (TPSA) is 122 Å². The van der Waals surface area contributed by atoms with E-state index >= 15 is 8.78 Å². The van der Waals surface area contributed by atoms with Gasteiger partial charge in [0.25, 0.3) is 0 Å². The highest BCUT2D eigenvalue weighted by Gasteiger charge is 2.27. The number of hydrogen-bond acceptors (Lipinski definition) is 6. The molecule has 8 nitrogen and oxygen atoms in total. The van der Waals surface area contributed by atoms with Crippen LogP contribution in [0.3, 0.4) is 0 Å². The van der Waals surface area contributed by atoms with Gasteiger partial charge in [0.1, 0.15) is 23.3 Å². The first kappa shape index (κ1) is 36.1. The zero-order chi connectivity index (χ0) is 38.0.